The molecular weight excluding hydrogens is 490 g/mol. The Hall–Kier alpha value is -3.73. The Morgan fingerprint density at radius 2 is 1.83 bits per heavy atom. The highest BCUT2D eigenvalue weighted by atomic mass is 35.5. The molecule has 0 unspecified atom stereocenters. The molecule has 0 aliphatic rings. The lowest BCUT2D eigenvalue weighted by molar-refractivity contribution is -0.0964. The number of aromatic nitrogens is 4. The van der Waals surface area contributed by atoms with E-state index in [0.717, 1.165) is 0 Å². The first kappa shape index (κ1) is 24.4. The highest BCUT2D eigenvalue weighted by Gasteiger charge is 2.28. The van der Waals surface area contributed by atoms with Gasteiger partial charge in [0.2, 0.25) is 0 Å². The van der Waals surface area contributed by atoms with Crippen molar-refractivity contribution in [3.63, 3.8) is 0 Å². The Morgan fingerprint density at radius 1 is 1.11 bits per heavy atom. The summed E-state index contributed by atoms with van der Waals surface area (Å²) in [5, 5.41) is 10.2. The minimum Gasteiger partial charge on any atom is -0.420 e. The number of hydrogen-bond donors (Lipinski definition) is 1. The van der Waals surface area contributed by atoms with Gasteiger partial charge in [-0.15, -0.1) is 8.78 Å². The number of halogens is 5. The molecule has 2 aromatic carbocycles. The van der Waals surface area contributed by atoms with Crippen molar-refractivity contribution in [3.8, 4) is 16.9 Å². The first-order chi connectivity index (χ1) is 16.5. The molecule has 182 valence electrons. The number of fused-ring (bicyclic) bond motifs is 1. The van der Waals surface area contributed by atoms with Crippen LogP contribution < -0.4 is 10.1 Å². The molecule has 0 radical (unpaired) electrons. The van der Waals surface area contributed by atoms with Crippen LogP contribution in [0.3, 0.4) is 0 Å². The predicted molar refractivity (Wildman–Crippen MR) is 122 cm³/mol. The molecule has 2 aromatic heterocycles. The van der Waals surface area contributed by atoms with Gasteiger partial charge in [-0.2, -0.15) is 10.2 Å². The number of benzene rings is 2. The number of carbonyl (C=O) groups is 1. The quantitative estimate of drug-likeness (QED) is 0.230. The summed E-state index contributed by atoms with van der Waals surface area (Å²) in [6, 6.07) is 9.40. The maximum absolute atomic E-state index is 13.8. The summed E-state index contributed by atoms with van der Waals surface area (Å²) in [6.45, 7) is 3.52. The lowest BCUT2D eigenvalue weighted by Crippen LogP contribution is -2.16. The van der Waals surface area contributed by atoms with E-state index in [1.54, 1.807) is 26.0 Å². The van der Waals surface area contributed by atoms with Gasteiger partial charge in [0.15, 0.2) is 5.82 Å². The first-order valence-electron chi connectivity index (χ1n) is 10.3. The predicted octanol–water partition coefficient (Wildman–Crippen LogP) is 6.43. The van der Waals surface area contributed by atoms with E-state index in [2.05, 4.69) is 25.2 Å². The van der Waals surface area contributed by atoms with Crippen LogP contribution in [0, 0.1) is 0 Å². The van der Waals surface area contributed by atoms with Gasteiger partial charge < -0.3 is 14.6 Å². The normalized spacial score (nSPS) is 11.9. The second-order valence-corrected chi connectivity index (χ2v) is 8.22. The molecule has 0 saturated carbocycles. The standard InChI is InChI=1S/C23H18ClF4N5O2/c1-12(2)33-19-17(13-7-8-29-30-11-13)9-14(10-18(19)32-21(33)20(25)26)22(34)31-15-3-5-16(6-4-15)35-23(24,27)28/h3-12,20H,1-2H3,(H,31,34). The Labute approximate surface area is 201 Å². The molecule has 0 atom stereocenters. The van der Waals surface area contributed by atoms with E-state index >= 15 is 0 Å². The SMILES string of the molecule is CC(C)n1c(C(F)F)nc2cc(C(=O)Nc3ccc(OC(F)(F)Cl)cc3)cc(-c3ccnnc3)c21. The van der Waals surface area contributed by atoms with Crippen molar-refractivity contribution in [2.75, 3.05) is 5.32 Å². The summed E-state index contributed by atoms with van der Waals surface area (Å²) in [5.74, 6) is -1.18. The molecule has 4 rings (SSSR count). The van der Waals surface area contributed by atoms with Gasteiger partial charge in [0.05, 0.1) is 23.4 Å². The minimum atomic E-state index is -3.87. The number of alkyl halides is 5. The van der Waals surface area contributed by atoms with Crippen LogP contribution in [0.5, 0.6) is 5.75 Å². The zero-order valence-electron chi connectivity index (χ0n) is 18.3. The van der Waals surface area contributed by atoms with E-state index in [1.807, 2.05) is 0 Å². The third-order valence-electron chi connectivity index (χ3n) is 5.03. The zero-order valence-corrected chi connectivity index (χ0v) is 19.1. The second-order valence-electron chi connectivity index (χ2n) is 7.78. The highest BCUT2D eigenvalue weighted by molar-refractivity contribution is 6.20. The third-order valence-corrected chi connectivity index (χ3v) is 5.10. The molecule has 12 heteroatoms. The number of hydrogen-bond acceptors (Lipinski definition) is 5. The van der Waals surface area contributed by atoms with E-state index in [1.165, 1.54) is 47.3 Å². The van der Waals surface area contributed by atoms with Crippen molar-refractivity contribution in [1.82, 2.24) is 19.7 Å². The molecule has 35 heavy (non-hydrogen) atoms. The molecule has 0 spiro atoms. The van der Waals surface area contributed by atoms with E-state index in [4.69, 9.17) is 11.6 Å². The summed E-state index contributed by atoms with van der Waals surface area (Å²) in [5.41, 5.74) is -1.76. The van der Waals surface area contributed by atoms with Crippen molar-refractivity contribution in [2.45, 2.75) is 31.9 Å². The average Bonchev–Trinajstić information content (AvgIpc) is 3.20. The van der Waals surface area contributed by atoms with Crippen LogP contribution in [0.4, 0.5) is 23.2 Å². The van der Waals surface area contributed by atoms with E-state index in [0.29, 0.717) is 16.6 Å². The van der Waals surface area contributed by atoms with Crippen molar-refractivity contribution >= 4 is 34.2 Å². The van der Waals surface area contributed by atoms with E-state index in [9.17, 15) is 22.4 Å². The summed E-state index contributed by atoms with van der Waals surface area (Å²) in [4.78, 5) is 17.1. The van der Waals surface area contributed by atoms with Crippen LogP contribution in [0.1, 0.15) is 42.5 Å². The molecule has 1 N–H and O–H groups in total. The summed E-state index contributed by atoms with van der Waals surface area (Å²) in [7, 11) is 0. The van der Waals surface area contributed by atoms with Gasteiger partial charge in [-0.1, -0.05) is 0 Å². The van der Waals surface area contributed by atoms with Gasteiger partial charge in [-0.3, -0.25) is 4.79 Å². The fourth-order valence-electron chi connectivity index (χ4n) is 3.67. The summed E-state index contributed by atoms with van der Waals surface area (Å²) < 4.78 is 58.8. The fourth-order valence-corrected chi connectivity index (χ4v) is 3.76. The number of imidazole rings is 1. The molecule has 0 fully saturated rings. The minimum absolute atomic E-state index is 0.145. The smallest absolute Gasteiger partial charge is 0.420 e. The molecule has 0 saturated heterocycles. The first-order valence-corrected chi connectivity index (χ1v) is 10.7. The van der Waals surface area contributed by atoms with Crippen LogP contribution in [-0.4, -0.2) is 31.2 Å². The van der Waals surface area contributed by atoms with Crippen LogP contribution in [0.15, 0.2) is 54.9 Å². The van der Waals surface area contributed by atoms with Crippen molar-refractivity contribution in [2.24, 2.45) is 0 Å². The Kier molecular flexibility index (Phi) is 6.62. The third kappa shape index (κ3) is 5.35. The van der Waals surface area contributed by atoms with Gasteiger partial charge in [0.25, 0.3) is 12.3 Å². The Bertz CT molecular complexity index is 1360. The van der Waals surface area contributed by atoms with Crippen molar-refractivity contribution in [3.05, 3.63) is 66.2 Å². The van der Waals surface area contributed by atoms with Crippen molar-refractivity contribution in [1.29, 1.82) is 0 Å². The van der Waals surface area contributed by atoms with Crippen LogP contribution in [-0.2, 0) is 0 Å². The van der Waals surface area contributed by atoms with Gasteiger partial charge in [0.1, 0.15) is 5.75 Å². The zero-order chi connectivity index (χ0) is 25.3. The van der Waals surface area contributed by atoms with Crippen LogP contribution in [0.25, 0.3) is 22.2 Å². The average molecular weight is 508 g/mol. The molecule has 4 aromatic rings. The monoisotopic (exact) mass is 507 g/mol. The second kappa shape index (κ2) is 9.49. The molecule has 0 bridgehead atoms. The number of amides is 1. The highest BCUT2D eigenvalue weighted by Crippen LogP contribution is 2.35. The van der Waals surface area contributed by atoms with E-state index < -0.39 is 23.7 Å². The van der Waals surface area contributed by atoms with Crippen molar-refractivity contribution < 1.29 is 27.1 Å². The van der Waals surface area contributed by atoms with Crippen LogP contribution >= 0.6 is 11.6 Å². The Balaban J connectivity index is 1.76. The molecule has 7 nitrogen and oxygen atoms in total. The van der Waals surface area contributed by atoms with E-state index in [-0.39, 0.29) is 28.6 Å². The Morgan fingerprint density at radius 3 is 2.40 bits per heavy atom. The number of rotatable bonds is 7. The molecule has 1 amide bonds. The lowest BCUT2D eigenvalue weighted by Gasteiger charge is -2.16. The number of nitrogens with zero attached hydrogens (tertiary/aromatic N) is 4. The number of carbonyl (C=O) groups excluding carboxylic acids is 1. The van der Waals surface area contributed by atoms with Crippen LogP contribution in [0.2, 0.25) is 0 Å². The maximum atomic E-state index is 13.8. The fraction of sp³-hybridized carbons (Fsp3) is 0.217. The topological polar surface area (TPSA) is 81.9 Å². The molecular formula is C23H18ClF4N5O2. The van der Waals surface area contributed by atoms with Gasteiger partial charge in [0, 0.05) is 40.0 Å². The van der Waals surface area contributed by atoms with Gasteiger partial charge in [-0.25, -0.2) is 13.8 Å². The maximum Gasteiger partial charge on any atom is 0.487 e. The lowest BCUT2D eigenvalue weighted by atomic mass is 10.0. The molecule has 2 heterocycles. The molecule has 0 aliphatic carbocycles. The number of ether oxygens (including phenoxy) is 1. The largest absolute Gasteiger partial charge is 0.487 e. The number of anilines is 1. The molecule has 0 aliphatic heterocycles. The summed E-state index contributed by atoms with van der Waals surface area (Å²) >= 11 is 4.75. The van der Waals surface area contributed by atoms with Gasteiger partial charge in [-0.05, 0) is 56.3 Å². The number of nitrogens with one attached hydrogen (secondary N) is 1. The summed E-state index contributed by atoms with van der Waals surface area (Å²) in [6.07, 6.45) is 0.0830. The van der Waals surface area contributed by atoms with Gasteiger partial charge >= 0.3 is 5.57 Å².